The quantitative estimate of drug-likeness (QED) is 0.306. The summed E-state index contributed by atoms with van der Waals surface area (Å²) in [5.74, 6) is 0. The molecule has 0 aliphatic carbocycles. The molecule has 28 heavy (non-hydrogen) atoms. The molecule has 0 saturated heterocycles. The second-order valence-corrected chi connectivity index (χ2v) is 6.04. The Bertz CT molecular complexity index is 794. The molecule has 0 fully saturated rings. The topological polar surface area (TPSA) is 83.2 Å². The predicted octanol–water partition coefficient (Wildman–Crippen LogP) is 2.79. The lowest BCUT2D eigenvalue weighted by atomic mass is 10.0. The molecule has 1 atom stereocenters. The molecule has 2 aromatic rings. The number of rotatable bonds is 8. The minimum Gasteiger partial charge on any atom is -0.374 e. The molecule has 5 nitrogen and oxygen atoms in total. The predicted molar refractivity (Wildman–Crippen MR) is 91.3 cm³/mol. The fourth-order valence-corrected chi connectivity index (χ4v) is 2.63. The molecule has 1 aromatic carbocycles. The number of alkyl halides is 6. The van der Waals surface area contributed by atoms with Gasteiger partial charge in [-0.05, 0) is 31.6 Å². The normalized spacial score (nSPS) is 13.9. The Labute approximate surface area is 156 Å². The lowest BCUT2D eigenvalue weighted by molar-refractivity contribution is -0.142. The van der Waals surface area contributed by atoms with Gasteiger partial charge >= 0.3 is 12.4 Å². The van der Waals surface area contributed by atoms with E-state index in [9.17, 15) is 31.4 Å². The smallest absolute Gasteiger partial charge is 0.374 e. The highest BCUT2D eigenvalue weighted by atomic mass is 19.4. The van der Waals surface area contributed by atoms with Crippen molar-refractivity contribution in [1.82, 2.24) is 15.6 Å². The van der Waals surface area contributed by atoms with Gasteiger partial charge in [0.1, 0.15) is 11.9 Å². The molecule has 156 valence electrons. The van der Waals surface area contributed by atoms with Gasteiger partial charge in [-0.15, -0.1) is 0 Å². The highest BCUT2D eigenvalue weighted by Crippen LogP contribution is 2.38. The van der Waals surface area contributed by atoms with Crippen LogP contribution in [-0.2, 0) is 12.4 Å². The Kier molecular flexibility index (Phi) is 7.21. The number of nitrogens with zero attached hydrogens (tertiary/aromatic N) is 1. The van der Waals surface area contributed by atoms with E-state index in [1.165, 1.54) is 6.07 Å². The second-order valence-electron chi connectivity index (χ2n) is 6.04. The number of halogens is 6. The summed E-state index contributed by atoms with van der Waals surface area (Å²) in [7, 11) is 0. The van der Waals surface area contributed by atoms with E-state index in [4.69, 9.17) is 5.73 Å². The summed E-state index contributed by atoms with van der Waals surface area (Å²) in [6.45, 7) is 1.68. The van der Waals surface area contributed by atoms with Gasteiger partial charge in [-0.1, -0.05) is 12.1 Å². The number of aromatic nitrogens is 1. The molecule has 11 heteroatoms. The largest absolute Gasteiger partial charge is 0.433 e. The average Bonchev–Trinajstić information content (AvgIpc) is 2.61. The van der Waals surface area contributed by atoms with Crippen molar-refractivity contribution in [2.75, 3.05) is 26.2 Å². The van der Waals surface area contributed by atoms with E-state index in [1.54, 1.807) is 0 Å². The molecule has 1 unspecified atom stereocenters. The van der Waals surface area contributed by atoms with Gasteiger partial charge in [0, 0.05) is 24.0 Å². The monoisotopic (exact) mass is 410 g/mol. The molecule has 0 spiro atoms. The maximum absolute atomic E-state index is 13.2. The van der Waals surface area contributed by atoms with Gasteiger partial charge in [0.2, 0.25) is 0 Å². The van der Waals surface area contributed by atoms with Crippen LogP contribution < -0.4 is 16.4 Å². The van der Waals surface area contributed by atoms with E-state index in [2.05, 4.69) is 15.6 Å². The Morgan fingerprint density at radius 2 is 1.75 bits per heavy atom. The van der Waals surface area contributed by atoms with Gasteiger partial charge < -0.3 is 16.2 Å². The van der Waals surface area contributed by atoms with Crippen LogP contribution in [0.2, 0.25) is 0 Å². The van der Waals surface area contributed by atoms with Crippen molar-refractivity contribution in [2.24, 2.45) is 5.73 Å². The Hall–Kier alpha value is -1.95. The minimum absolute atomic E-state index is 0.176. The van der Waals surface area contributed by atoms with E-state index < -0.39 is 35.4 Å². The number of fused-ring (bicyclic) bond motifs is 1. The summed E-state index contributed by atoms with van der Waals surface area (Å²) in [5.41, 5.74) is 1.35. The zero-order valence-corrected chi connectivity index (χ0v) is 14.7. The Balaban J connectivity index is 2.38. The van der Waals surface area contributed by atoms with Crippen molar-refractivity contribution in [1.29, 1.82) is 0 Å². The van der Waals surface area contributed by atoms with E-state index in [1.807, 2.05) is 0 Å². The number of aliphatic hydroxyl groups excluding tert-OH is 1. The number of para-hydroxylation sites is 1. The summed E-state index contributed by atoms with van der Waals surface area (Å²) in [5, 5.41) is 15.7. The van der Waals surface area contributed by atoms with Crippen LogP contribution in [0.5, 0.6) is 0 Å². The van der Waals surface area contributed by atoms with Crippen LogP contribution in [0.4, 0.5) is 26.3 Å². The molecule has 2 rings (SSSR count). The van der Waals surface area contributed by atoms with Crippen molar-refractivity contribution in [3.63, 3.8) is 0 Å². The Morgan fingerprint density at radius 1 is 1.04 bits per heavy atom. The van der Waals surface area contributed by atoms with E-state index in [0.29, 0.717) is 31.8 Å². The van der Waals surface area contributed by atoms with Crippen LogP contribution in [0.3, 0.4) is 0 Å². The lowest BCUT2D eigenvalue weighted by Crippen LogP contribution is -2.31. The molecule has 5 N–H and O–H groups in total. The van der Waals surface area contributed by atoms with Gasteiger partial charge in [-0.25, -0.2) is 4.98 Å². The van der Waals surface area contributed by atoms with Crippen LogP contribution in [0, 0.1) is 0 Å². The van der Waals surface area contributed by atoms with Crippen molar-refractivity contribution in [3.8, 4) is 0 Å². The first-order valence-electron chi connectivity index (χ1n) is 8.46. The molecule has 0 bridgehead atoms. The van der Waals surface area contributed by atoms with Crippen molar-refractivity contribution in [2.45, 2.75) is 25.0 Å². The van der Waals surface area contributed by atoms with Gasteiger partial charge in [0.25, 0.3) is 0 Å². The van der Waals surface area contributed by atoms with Gasteiger partial charge in [-0.2, -0.15) is 26.3 Å². The average molecular weight is 410 g/mol. The highest BCUT2D eigenvalue weighted by molar-refractivity contribution is 5.86. The molecule has 0 aliphatic rings. The summed E-state index contributed by atoms with van der Waals surface area (Å²) in [4.78, 5) is 3.18. The number of pyridine rings is 1. The molecule has 0 radical (unpaired) electrons. The highest BCUT2D eigenvalue weighted by Gasteiger charge is 2.37. The number of hydrogen-bond donors (Lipinski definition) is 4. The number of nitrogens with two attached hydrogens (primary N) is 1. The number of hydrogen-bond acceptors (Lipinski definition) is 5. The summed E-state index contributed by atoms with van der Waals surface area (Å²) in [6, 6.07) is 3.46. The number of nitrogens with one attached hydrogen (secondary N) is 2. The van der Waals surface area contributed by atoms with Crippen LogP contribution in [0.1, 0.15) is 29.5 Å². The number of benzene rings is 1. The third kappa shape index (κ3) is 5.53. The van der Waals surface area contributed by atoms with Gasteiger partial charge in [-0.3, -0.25) is 5.32 Å². The van der Waals surface area contributed by atoms with Crippen molar-refractivity contribution >= 4 is 10.9 Å². The first-order valence-corrected chi connectivity index (χ1v) is 8.46. The van der Waals surface area contributed by atoms with Crippen LogP contribution in [0.25, 0.3) is 10.9 Å². The van der Waals surface area contributed by atoms with Gasteiger partial charge in [0.15, 0.2) is 0 Å². The standard InChI is InChI=1S/C17H20F6N4O/c18-16(19,20)12-4-1-3-10-11(9-13(17(21,22)23)27-14(10)12)15(28)26-8-7-25-6-2-5-24/h1,3-4,9,15,25-26,28H,2,5-8,24H2. The second kappa shape index (κ2) is 9.03. The molecule has 0 amide bonds. The minimum atomic E-state index is -4.97. The van der Waals surface area contributed by atoms with E-state index in [0.717, 1.165) is 12.5 Å². The van der Waals surface area contributed by atoms with Crippen LogP contribution in [0.15, 0.2) is 24.3 Å². The molecule has 0 saturated carbocycles. The summed E-state index contributed by atoms with van der Waals surface area (Å²) in [6.07, 6.45) is -10.7. The van der Waals surface area contributed by atoms with Crippen molar-refractivity contribution < 1.29 is 31.4 Å². The first kappa shape index (κ1) is 22.3. The number of aliphatic hydroxyl groups is 1. The fourth-order valence-electron chi connectivity index (χ4n) is 2.63. The SMILES string of the molecule is NCCCNCCNC(O)c1cc(C(F)(F)F)nc2c(C(F)(F)F)cccc12. The van der Waals surface area contributed by atoms with Crippen LogP contribution >= 0.6 is 0 Å². The maximum atomic E-state index is 13.2. The zero-order valence-electron chi connectivity index (χ0n) is 14.7. The van der Waals surface area contributed by atoms with Crippen molar-refractivity contribution in [3.05, 3.63) is 41.1 Å². The fraction of sp³-hybridized carbons (Fsp3) is 0.471. The molecule has 1 aromatic heterocycles. The summed E-state index contributed by atoms with van der Waals surface area (Å²) < 4.78 is 79.1. The Morgan fingerprint density at radius 3 is 2.36 bits per heavy atom. The molecule has 1 heterocycles. The van der Waals surface area contributed by atoms with Crippen LogP contribution in [-0.4, -0.2) is 36.3 Å². The molecular weight excluding hydrogens is 390 g/mol. The lowest BCUT2D eigenvalue weighted by Gasteiger charge is -2.19. The van der Waals surface area contributed by atoms with E-state index >= 15 is 0 Å². The first-order chi connectivity index (χ1) is 13.1. The molecule has 0 aliphatic heterocycles. The van der Waals surface area contributed by atoms with E-state index in [-0.39, 0.29) is 17.5 Å². The maximum Gasteiger partial charge on any atom is 0.433 e. The third-order valence-electron chi connectivity index (χ3n) is 3.96. The summed E-state index contributed by atoms with van der Waals surface area (Å²) >= 11 is 0. The van der Waals surface area contributed by atoms with Gasteiger partial charge in [0.05, 0.1) is 11.1 Å². The third-order valence-corrected chi connectivity index (χ3v) is 3.96. The zero-order chi connectivity index (χ0) is 20.9. The molecular formula is C17H20F6N4O.